The van der Waals surface area contributed by atoms with Crippen LogP contribution in [0.15, 0.2) is 11.1 Å². The van der Waals surface area contributed by atoms with E-state index in [2.05, 4.69) is 6.92 Å². The van der Waals surface area contributed by atoms with E-state index in [0.717, 1.165) is 24.0 Å². The van der Waals surface area contributed by atoms with Crippen molar-refractivity contribution in [1.82, 2.24) is 0 Å². The molecule has 0 aromatic carbocycles. The summed E-state index contributed by atoms with van der Waals surface area (Å²) in [5.41, 5.74) is -0.824. The SMILES string of the molecule is CC(C)OC1C(O)(C(C)C)C(Cl)C2OC23C2(C)CCC4=C(COC4=O)C2CC2OC213. The Balaban J connectivity index is 1.50. The number of hydrogen-bond donors (Lipinski definition) is 1. The zero-order valence-corrected chi connectivity index (χ0v) is 19.0. The van der Waals surface area contributed by atoms with Gasteiger partial charge in [-0.15, -0.1) is 11.6 Å². The first kappa shape index (κ1) is 20.0. The summed E-state index contributed by atoms with van der Waals surface area (Å²) >= 11 is 7.01. The summed E-state index contributed by atoms with van der Waals surface area (Å²) in [7, 11) is 0. The van der Waals surface area contributed by atoms with Gasteiger partial charge in [-0.1, -0.05) is 20.8 Å². The van der Waals surface area contributed by atoms with Crippen LogP contribution in [0.4, 0.5) is 0 Å². The molecule has 3 aliphatic carbocycles. The van der Waals surface area contributed by atoms with E-state index < -0.39 is 28.3 Å². The monoisotopic (exact) mass is 438 g/mol. The van der Waals surface area contributed by atoms with Crippen LogP contribution in [-0.2, 0) is 23.7 Å². The van der Waals surface area contributed by atoms with E-state index in [0.29, 0.717) is 13.0 Å². The van der Waals surface area contributed by atoms with Crippen LogP contribution >= 0.6 is 11.6 Å². The molecule has 0 radical (unpaired) electrons. The maximum Gasteiger partial charge on any atom is 0.334 e. The summed E-state index contributed by atoms with van der Waals surface area (Å²) in [5, 5.41) is 11.3. The van der Waals surface area contributed by atoms with E-state index in [1.807, 2.05) is 27.7 Å². The number of rotatable bonds is 3. The summed E-state index contributed by atoms with van der Waals surface area (Å²) < 4.78 is 25.0. The number of ether oxygens (including phenoxy) is 4. The average molecular weight is 439 g/mol. The summed E-state index contributed by atoms with van der Waals surface area (Å²) in [5.74, 6) is -0.121. The fourth-order valence-electron chi connectivity index (χ4n) is 7.69. The van der Waals surface area contributed by atoms with Gasteiger partial charge in [-0.2, -0.15) is 0 Å². The van der Waals surface area contributed by atoms with Crippen LogP contribution in [0.3, 0.4) is 0 Å². The van der Waals surface area contributed by atoms with Crippen LogP contribution in [0.1, 0.15) is 53.9 Å². The lowest BCUT2D eigenvalue weighted by atomic mass is 9.46. The molecular weight excluding hydrogens is 408 g/mol. The number of halogens is 1. The van der Waals surface area contributed by atoms with Crippen LogP contribution in [0, 0.1) is 17.3 Å². The highest BCUT2D eigenvalue weighted by Crippen LogP contribution is 2.80. The number of alkyl halides is 1. The van der Waals surface area contributed by atoms with Gasteiger partial charge in [0.05, 0.1) is 17.6 Å². The van der Waals surface area contributed by atoms with Gasteiger partial charge in [0, 0.05) is 11.0 Å². The van der Waals surface area contributed by atoms with Crippen LogP contribution in [0.25, 0.3) is 0 Å². The third kappa shape index (κ3) is 1.88. The molecule has 30 heavy (non-hydrogen) atoms. The molecule has 1 N–H and O–H groups in total. The highest BCUT2D eigenvalue weighted by molar-refractivity contribution is 6.22. The van der Waals surface area contributed by atoms with Crippen molar-refractivity contribution in [3.05, 3.63) is 11.1 Å². The summed E-state index contributed by atoms with van der Waals surface area (Å²) in [6.45, 7) is 10.6. The van der Waals surface area contributed by atoms with Crippen molar-refractivity contribution in [2.45, 2.75) is 100 Å². The van der Waals surface area contributed by atoms with Gasteiger partial charge >= 0.3 is 5.97 Å². The van der Waals surface area contributed by atoms with E-state index in [9.17, 15) is 9.90 Å². The van der Waals surface area contributed by atoms with E-state index in [-0.39, 0.29) is 41.5 Å². The van der Waals surface area contributed by atoms with Crippen molar-refractivity contribution >= 4 is 17.6 Å². The molecule has 2 spiro atoms. The molecule has 3 aliphatic heterocycles. The number of hydrogen-bond acceptors (Lipinski definition) is 6. The van der Waals surface area contributed by atoms with Gasteiger partial charge < -0.3 is 24.1 Å². The molecule has 9 unspecified atom stereocenters. The van der Waals surface area contributed by atoms with Gasteiger partial charge in [0.2, 0.25) is 0 Å². The molecule has 9 atom stereocenters. The quantitative estimate of drug-likeness (QED) is 0.414. The molecule has 3 heterocycles. The summed E-state index contributed by atoms with van der Waals surface area (Å²) in [6, 6.07) is 0. The number of carbonyl (C=O) groups excluding carboxylic acids is 1. The second-order valence-electron chi connectivity index (χ2n) is 11.0. The lowest BCUT2D eigenvalue weighted by Crippen LogP contribution is -2.75. The van der Waals surface area contributed by atoms with Gasteiger partial charge in [0.15, 0.2) is 5.60 Å². The van der Waals surface area contributed by atoms with Crippen molar-refractivity contribution in [2.24, 2.45) is 17.3 Å². The lowest BCUT2D eigenvalue weighted by molar-refractivity contribution is -0.210. The first-order valence-electron chi connectivity index (χ1n) is 11.3. The number of epoxide rings is 2. The number of esters is 1. The normalized spacial score (nSPS) is 55.5. The van der Waals surface area contributed by atoms with E-state index in [1.54, 1.807) is 0 Å². The summed E-state index contributed by atoms with van der Waals surface area (Å²) in [6.07, 6.45) is 1.28. The molecule has 0 aromatic heterocycles. The van der Waals surface area contributed by atoms with Crippen LogP contribution in [-0.4, -0.2) is 64.3 Å². The predicted molar refractivity (Wildman–Crippen MR) is 108 cm³/mol. The van der Waals surface area contributed by atoms with E-state index in [1.165, 1.54) is 0 Å². The molecule has 6 nitrogen and oxygen atoms in total. The largest absolute Gasteiger partial charge is 0.458 e. The minimum absolute atomic E-state index is 0.0808. The van der Waals surface area contributed by atoms with Crippen LogP contribution in [0.2, 0.25) is 0 Å². The van der Waals surface area contributed by atoms with Crippen LogP contribution < -0.4 is 0 Å². The fourth-order valence-corrected chi connectivity index (χ4v) is 8.28. The minimum Gasteiger partial charge on any atom is -0.458 e. The highest BCUT2D eigenvalue weighted by Gasteiger charge is 2.96. The molecule has 7 heteroatoms. The maximum atomic E-state index is 12.2. The molecule has 0 aromatic rings. The van der Waals surface area contributed by atoms with Gasteiger partial charge in [0.1, 0.15) is 30.0 Å². The Morgan fingerprint density at radius 2 is 1.97 bits per heavy atom. The molecular formula is C23H31ClO6. The standard InChI is InChI=1S/C23H31ClO6/c1-10(2)21(26)16(24)17-23(30-17)20(5)7-6-12-13(9-27-18(12)25)14(20)8-15-22(23,29-15)19(21)28-11(3)4/h10-11,14-17,19,26H,6-9H2,1-5H3. The second kappa shape index (κ2) is 5.63. The van der Waals surface area contributed by atoms with E-state index >= 15 is 0 Å². The number of carbonyl (C=O) groups is 1. The molecule has 166 valence electrons. The Kier molecular flexibility index (Phi) is 3.75. The fraction of sp³-hybridized carbons (Fsp3) is 0.870. The Hall–Kier alpha value is -0.660. The Bertz CT molecular complexity index is 870. The highest BCUT2D eigenvalue weighted by atomic mass is 35.5. The third-order valence-corrected chi connectivity index (χ3v) is 9.80. The Labute approximate surface area is 182 Å². The first-order valence-corrected chi connectivity index (χ1v) is 11.8. The topological polar surface area (TPSA) is 80.8 Å². The molecule has 6 rings (SSSR count). The average Bonchev–Trinajstić information content (AvgIpc) is 3.56. The maximum absolute atomic E-state index is 12.2. The molecule has 0 amide bonds. The van der Waals surface area contributed by atoms with E-state index in [4.69, 9.17) is 30.5 Å². The van der Waals surface area contributed by atoms with Crippen molar-refractivity contribution < 1.29 is 28.8 Å². The minimum atomic E-state index is -1.25. The zero-order chi connectivity index (χ0) is 21.4. The molecule has 4 fully saturated rings. The van der Waals surface area contributed by atoms with Gasteiger partial charge in [-0.05, 0) is 50.5 Å². The Morgan fingerprint density at radius 1 is 1.23 bits per heavy atom. The van der Waals surface area contributed by atoms with Crippen molar-refractivity contribution in [3.8, 4) is 0 Å². The third-order valence-electron chi connectivity index (χ3n) is 9.22. The van der Waals surface area contributed by atoms with Crippen LogP contribution in [0.5, 0.6) is 0 Å². The lowest BCUT2D eigenvalue weighted by Gasteiger charge is -2.58. The van der Waals surface area contributed by atoms with Gasteiger partial charge in [-0.25, -0.2) is 4.79 Å². The number of aliphatic hydroxyl groups is 1. The molecule has 2 saturated carbocycles. The van der Waals surface area contributed by atoms with Gasteiger partial charge in [-0.3, -0.25) is 0 Å². The first-order chi connectivity index (χ1) is 14.1. The summed E-state index contributed by atoms with van der Waals surface area (Å²) in [4.78, 5) is 12.2. The predicted octanol–water partition coefficient (Wildman–Crippen LogP) is 2.74. The second-order valence-corrected chi connectivity index (χ2v) is 11.4. The Morgan fingerprint density at radius 3 is 2.63 bits per heavy atom. The zero-order valence-electron chi connectivity index (χ0n) is 18.2. The number of fused-ring (bicyclic) bond motifs is 2. The molecule has 2 saturated heterocycles. The molecule has 0 bridgehead atoms. The van der Waals surface area contributed by atoms with Gasteiger partial charge in [0.25, 0.3) is 0 Å². The van der Waals surface area contributed by atoms with Crippen molar-refractivity contribution in [3.63, 3.8) is 0 Å². The number of cyclic esters (lactones) is 1. The molecule has 6 aliphatic rings. The smallest absolute Gasteiger partial charge is 0.334 e. The van der Waals surface area contributed by atoms with Crippen molar-refractivity contribution in [2.75, 3.05) is 6.61 Å². The van der Waals surface area contributed by atoms with Crippen molar-refractivity contribution in [1.29, 1.82) is 0 Å².